The number of ether oxygens (including phenoxy) is 2. The summed E-state index contributed by atoms with van der Waals surface area (Å²) in [4.78, 5) is 12.3. The van der Waals surface area contributed by atoms with E-state index in [1.165, 1.54) is 20.0 Å². The van der Waals surface area contributed by atoms with Gasteiger partial charge in [0.1, 0.15) is 11.3 Å². The molecule has 0 spiro atoms. The minimum atomic E-state index is -0.879. The number of carbonyl (C=O) groups excluding carboxylic acids is 1. The van der Waals surface area contributed by atoms with Crippen molar-refractivity contribution in [1.29, 1.82) is 0 Å². The van der Waals surface area contributed by atoms with E-state index in [4.69, 9.17) is 9.47 Å². The summed E-state index contributed by atoms with van der Waals surface area (Å²) in [7, 11) is 3.04. The summed E-state index contributed by atoms with van der Waals surface area (Å²) in [6, 6.07) is 7.94. The van der Waals surface area contributed by atoms with Gasteiger partial charge in [-0.3, -0.25) is 5.32 Å². The highest BCUT2D eigenvalue weighted by molar-refractivity contribution is 5.83. The second-order valence-corrected chi connectivity index (χ2v) is 5.44. The van der Waals surface area contributed by atoms with Gasteiger partial charge in [-0.05, 0) is 25.8 Å². The molecule has 1 N–H and O–H groups in total. The Labute approximate surface area is 120 Å². The molecule has 0 aromatic heterocycles. The quantitative estimate of drug-likeness (QED) is 0.840. The summed E-state index contributed by atoms with van der Waals surface area (Å²) in [5, 5.41) is 3.48. The first-order valence-electron chi connectivity index (χ1n) is 7.11. The lowest BCUT2D eigenvalue weighted by Crippen LogP contribution is -2.51. The Bertz CT molecular complexity index is 469. The van der Waals surface area contributed by atoms with E-state index in [2.05, 4.69) is 5.32 Å². The van der Waals surface area contributed by atoms with Gasteiger partial charge in [0.25, 0.3) is 0 Å². The molecular weight excluding hydrogens is 254 g/mol. The van der Waals surface area contributed by atoms with Crippen molar-refractivity contribution in [3.63, 3.8) is 0 Å². The van der Waals surface area contributed by atoms with Crippen molar-refractivity contribution in [3.8, 4) is 5.75 Å². The minimum Gasteiger partial charge on any atom is -0.496 e. The lowest BCUT2D eigenvalue weighted by Gasteiger charge is -2.32. The molecule has 4 nitrogen and oxygen atoms in total. The molecule has 0 aliphatic heterocycles. The first kappa shape index (κ1) is 14.9. The Morgan fingerprint density at radius 1 is 1.25 bits per heavy atom. The number of hydrogen-bond donors (Lipinski definition) is 1. The number of esters is 1. The third-order valence-electron chi connectivity index (χ3n) is 4.09. The van der Waals surface area contributed by atoms with E-state index in [9.17, 15) is 4.79 Å². The zero-order chi connectivity index (χ0) is 14.6. The second kappa shape index (κ2) is 6.27. The maximum atomic E-state index is 12.3. The maximum absolute atomic E-state index is 12.3. The number of nitrogens with one attached hydrogen (secondary N) is 1. The molecule has 110 valence electrons. The molecule has 4 heteroatoms. The van der Waals surface area contributed by atoms with Gasteiger partial charge in [0.05, 0.1) is 14.2 Å². The highest BCUT2D eigenvalue weighted by atomic mass is 16.5. The lowest BCUT2D eigenvalue weighted by molar-refractivity contribution is -0.148. The summed E-state index contributed by atoms with van der Waals surface area (Å²) in [5.41, 5.74) is -0.0580. The molecule has 0 saturated heterocycles. The van der Waals surface area contributed by atoms with Crippen LogP contribution in [0.4, 0.5) is 0 Å². The highest BCUT2D eigenvalue weighted by Crippen LogP contribution is 2.33. The minimum absolute atomic E-state index is 0.283. The first-order chi connectivity index (χ1) is 9.61. The molecule has 1 atom stereocenters. The molecule has 1 aromatic carbocycles. The van der Waals surface area contributed by atoms with Crippen LogP contribution in [0.5, 0.6) is 5.75 Å². The lowest BCUT2D eigenvalue weighted by atomic mass is 9.89. The van der Waals surface area contributed by atoms with Crippen LogP contribution in [-0.2, 0) is 15.1 Å². The van der Waals surface area contributed by atoms with Crippen molar-refractivity contribution in [2.75, 3.05) is 14.2 Å². The summed E-state index contributed by atoms with van der Waals surface area (Å²) in [6.45, 7) is 1.87. The number of methoxy groups -OCH3 is 2. The SMILES string of the molecule is COC(=O)C(C)(NC1CCCC1)c1ccccc1OC. The van der Waals surface area contributed by atoms with Crippen molar-refractivity contribution in [2.24, 2.45) is 0 Å². The fourth-order valence-corrected chi connectivity index (χ4v) is 2.99. The van der Waals surface area contributed by atoms with Crippen LogP contribution in [0.1, 0.15) is 38.2 Å². The molecule has 0 radical (unpaired) electrons. The molecule has 1 aromatic rings. The van der Waals surface area contributed by atoms with E-state index in [0.29, 0.717) is 11.8 Å². The zero-order valence-electron chi connectivity index (χ0n) is 12.4. The molecule has 0 bridgehead atoms. The number of rotatable bonds is 5. The maximum Gasteiger partial charge on any atom is 0.330 e. The van der Waals surface area contributed by atoms with Crippen molar-refractivity contribution in [3.05, 3.63) is 29.8 Å². The van der Waals surface area contributed by atoms with Crippen LogP contribution in [0, 0.1) is 0 Å². The van der Waals surface area contributed by atoms with E-state index in [1.807, 2.05) is 31.2 Å². The summed E-state index contributed by atoms with van der Waals surface area (Å²) < 4.78 is 10.4. The van der Waals surface area contributed by atoms with Gasteiger partial charge in [-0.15, -0.1) is 0 Å². The average molecular weight is 277 g/mol. The zero-order valence-corrected chi connectivity index (χ0v) is 12.4. The largest absolute Gasteiger partial charge is 0.496 e. The normalized spacial score (nSPS) is 18.6. The van der Waals surface area contributed by atoms with Crippen LogP contribution in [0.25, 0.3) is 0 Å². The van der Waals surface area contributed by atoms with Crippen LogP contribution in [-0.4, -0.2) is 26.2 Å². The molecule has 20 heavy (non-hydrogen) atoms. The summed E-state index contributed by atoms with van der Waals surface area (Å²) >= 11 is 0. The fourth-order valence-electron chi connectivity index (χ4n) is 2.99. The molecule has 1 aliphatic rings. The molecule has 1 saturated carbocycles. The predicted octanol–water partition coefficient (Wildman–Crippen LogP) is 2.62. The number of carbonyl (C=O) groups is 1. The van der Waals surface area contributed by atoms with E-state index in [1.54, 1.807) is 7.11 Å². The Kier molecular flexibility index (Phi) is 4.65. The van der Waals surface area contributed by atoms with Gasteiger partial charge >= 0.3 is 5.97 Å². The molecule has 1 aliphatic carbocycles. The molecular formula is C16H23NO3. The van der Waals surface area contributed by atoms with Gasteiger partial charge in [0, 0.05) is 11.6 Å². The van der Waals surface area contributed by atoms with Crippen molar-refractivity contribution in [2.45, 2.75) is 44.2 Å². The van der Waals surface area contributed by atoms with Gasteiger partial charge in [-0.2, -0.15) is 0 Å². The Balaban J connectivity index is 2.37. The molecule has 0 heterocycles. The van der Waals surface area contributed by atoms with Gasteiger partial charge in [0.2, 0.25) is 0 Å². The first-order valence-corrected chi connectivity index (χ1v) is 7.11. The van der Waals surface area contributed by atoms with Gasteiger partial charge in [-0.25, -0.2) is 4.79 Å². The smallest absolute Gasteiger partial charge is 0.330 e. The van der Waals surface area contributed by atoms with E-state index in [-0.39, 0.29) is 5.97 Å². The topological polar surface area (TPSA) is 47.6 Å². The van der Waals surface area contributed by atoms with Crippen LogP contribution in [0.15, 0.2) is 24.3 Å². The van der Waals surface area contributed by atoms with Crippen molar-refractivity contribution in [1.82, 2.24) is 5.32 Å². The van der Waals surface area contributed by atoms with E-state index in [0.717, 1.165) is 18.4 Å². The van der Waals surface area contributed by atoms with Gasteiger partial charge in [0.15, 0.2) is 0 Å². The summed E-state index contributed by atoms with van der Waals surface area (Å²) in [5.74, 6) is 0.416. The van der Waals surface area contributed by atoms with Crippen LogP contribution in [0.2, 0.25) is 0 Å². The highest BCUT2D eigenvalue weighted by Gasteiger charge is 2.40. The van der Waals surface area contributed by atoms with Gasteiger partial charge in [-0.1, -0.05) is 31.0 Å². The van der Waals surface area contributed by atoms with E-state index >= 15 is 0 Å². The van der Waals surface area contributed by atoms with E-state index < -0.39 is 5.54 Å². The third kappa shape index (κ3) is 2.80. The number of para-hydroxylation sites is 1. The van der Waals surface area contributed by atoms with Crippen LogP contribution in [0.3, 0.4) is 0 Å². The predicted molar refractivity (Wildman–Crippen MR) is 77.8 cm³/mol. The molecule has 0 amide bonds. The monoisotopic (exact) mass is 277 g/mol. The van der Waals surface area contributed by atoms with Crippen LogP contribution >= 0.6 is 0 Å². The average Bonchev–Trinajstić information content (AvgIpc) is 2.98. The third-order valence-corrected chi connectivity index (χ3v) is 4.09. The number of benzene rings is 1. The van der Waals surface area contributed by atoms with Crippen molar-refractivity contribution < 1.29 is 14.3 Å². The van der Waals surface area contributed by atoms with Crippen molar-refractivity contribution >= 4 is 5.97 Å². The Hall–Kier alpha value is -1.55. The van der Waals surface area contributed by atoms with Gasteiger partial charge < -0.3 is 9.47 Å². The molecule has 2 rings (SSSR count). The fraction of sp³-hybridized carbons (Fsp3) is 0.562. The molecule has 1 unspecified atom stereocenters. The Morgan fingerprint density at radius 2 is 1.90 bits per heavy atom. The van der Waals surface area contributed by atoms with Crippen LogP contribution < -0.4 is 10.1 Å². The number of hydrogen-bond acceptors (Lipinski definition) is 4. The Morgan fingerprint density at radius 3 is 2.50 bits per heavy atom. The molecule has 1 fully saturated rings. The second-order valence-electron chi connectivity index (χ2n) is 5.44. The summed E-state index contributed by atoms with van der Waals surface area (Å²) in [6.07, 6.45) is 4.62. The standard InChI is InChI=1S/C16H23NO3/c1-16(15(18)20-3,17-12-8-4-5-9-12)13-10-6-7-11-14(13)19-2/h6-7,10-12,17H,4-5,8-9H2,1-3H3.